The van der Waals surface area contributed by atoms with Crippen molar-refractivity contribution in [3.8, 4) is 0 Å². The van der Waals surface area contributed by atoms with Gasteiger partial charge in [0.25, 0.3) is 0 Å². The Morgan fingerprint density at radius 1 is 1.43 bits per heavy atom. The Hall–Kier alpha value is -2.04. The molecule has 1 aromatic heterocycles. The van der Waals surface area contributed by atoms with E-state index < -0.39 is 0 Å². The van der Waals surface area contributed by atoms with Gasteiger partial charge >= 0.3 is 0 Å². The molecule has 5 heteroatoms. The maximum Gasteiger partial charge on any atom is 0.188 e. The monoisotopic (exact) mass is 290 g/mol. The maximum atomic E-state index is 13.1. The Balaban J connectivity index is 1.85. The number of fused-ring (bicyclic) bond motifs is 1. The predicted molar refractivity (Wildman–Crippen MR) is 85.9 cm³/mol. The molecule has 2 aromatic rings. The SMILES string of the molecule is CC(C)CCN=C(N)NCCc1c[nH]c2cc(F)ccc12. The number of aliphatic imine (C=N–C) groups is 1. The summed E-state index contributed by atoms with van der Waals surface area (Å²) in [6.07, 6.45) is 3.76. The van der Waals surface area contributed by atoms with E-state index in [-0.39, 0.29) is 5.82 Å². The van der Waals surface area contributed by atoms with Crippen LogP contribution in [-0.4, -0.2) is 24.0 Å². The number of guanidine groups is 1. The molecular weight excluding hydrogens is 267 g/mol. The van der Waals surface area contributed by atoms with Gasteiger partial charge in [0.05, 0.1) is 0 Å². The van der Waals surface area contributed by atoms with Crippen LogP contribution in [0.2, 0.25) is 0 Å². The summed E-state index contributed by atoms with van der Waals surface area (Å²) in [7, 11) is 0. The van der Waals surface area contributed by atoms with Gasteiger partial charge < -0.3 is 16.0 Å². The summed E-state index contributed by atoms with van der Waals surface area (Å²) in [5.74, 6) is 0.894. The molecule has 0 spiro atoms. The summed E-state index contributed by atoms with van der Waals surface area (Å²) in [6.45, 7) is 5.79. The quantitative estimate of drug-likeness (QED) is 0.566. The highest BCUT2D eigenvalue weighted by molar-refractivity contribution is 5.83. The molecule has 0 unspecified atom stereocenters. The van der Waals surface area contributed by atoms with Crippen LogP contribution in [-0.2, 0) is 6.42 Å². The van der Waals surface area contributed by atoms with E-state index in [4.69, 9.17) is 5.73 Å². The van der Waals surface area contributed by atoms with Gasteiger partial charge in [-0.15, -0.1) is 0 Å². The first kappa shape index (κ1) is 15.4. The van der Waals surface area contributed by atoms with E-state index in [1.54, 1.807) is 6.07 Å². The third kappa shape index (κ3) is 4.48. The van der Waals surface area contributed by atoms with Crippen molar-refractivity contribution in [1.29, 1.82) is 0 Å². The zero-order valence-corrected chi connectivity index (χ0v) is 12.6. The fraction of sp³-hybridized carbons (Fsp3) is 0.438. The van der Waals surface area contributed by atoms with E-state index in [1.165, 1.54) is 12.1 Å². The second kappa shape index (κ2) is 7.11. The third-order valence-corrected chi connectivity index (χ3v) is 3.42. The van der Waals surface area contributed by atoms with Gasteiger partial charge in [-0.25, -0.2) is 4.39 Å². The number of aromatic nitrogens is 1. The second-order valence-corrected chi connectivity index (χ2v) is 5.63. The molecule has 114 valence electrons. The fourth-order valence-electron chi connectivity index (χ4n) is 2.19. The number of nitrogens with two attached hydrogens (primary N) is 1. The lowest BCUT2D eigenvalue weighted by atomic mass is 10.1. The number of nitrogens with one attached hydrogen (secondary N) is 2. The molecule has 0 amide bonds. The zero-order chi connectivity index (χ0) is 15.2. The van der Waals surface area contributed by atoms with E-state index in [9.17, 15) is 4.39 Å². The Morgan fingerprint density at radius 3 is 3.00 bits per heavy atom. The summed E-state index contributed by atoms with van der Waals surface area (Å²) >= 11 is 0. The number of benzene rings is 1. The summed E-state index contributed by atoms with van der Waals surface area (Å²) in [6, 6.07) is 4.79. The van der Waals surface area contributed by atoms with Crippen molar-refractivity contribution in [2.45, 2.75) is 26.7 Å². The van der Waals surface area contributed by atoms with Crippen molar-refractivity contribution in [3.63, 3.8) is 0 Å². The summed E-state index contributed by atoms with van der Waals surface area (Å²) in [5, 5.41) is 4.16. The van der Waals surface area contributed by atoms with Gasteiger partial charge in [0, 0.05) is 30.2 Å². The lowest BCUT2D eigenvalue weighted by Crippen LogP contribution is -2.33. The Kier molecular flexibility index (Phi) is 5.20. The number of hydrogen-bond donors (Lipinski definition) is 3. The van der Waals surface area contributed by atoms with Crippen molar-refractivity contribution >= 4 is 16.9 Å². The first-order valence-corrected chi connectivity index (χ1v) is 7.35. The molecule has 0 aliphatic carbocycles. The van der Waals surface area contributed by atoms with Gasteiger partial charge in [0.15, 0.2) is 5.96 Å². The molecule has 0 radical (unpaired) electrons. The molecule has 4 N–H and O–H groups in total. The van der Waals surface area contributed by atoms with Crippen LogP contribution in [0.15, 0.2) is 29.4 Å². The molecule has 0 atom stereocenters. The molecule has 0 aliphatic heterocycles. The Bertz CT molecular complexity index is 616. The number of hydrogen-bond acceptors (Lipinski definition) is 1. The minimum Gasteiger partial charge on any atom is -0.370 e. The first-order valence-electron chi connectivity index (χ1n) is 7.35. The third-order valence-electron chi connectivity index (χ3n) is 3.42. The van der Waals surface area contributed by atoms with Crippen LogP contribution in [0.25, 0.3) is 10.9 Å². The summed E-state index contributed by atoms with van der Waals surface area (Å²) < 4.78 is 13.1. The van der Waals surface area contributed by atoms with Crippen molar-refractivity contribution in [2.24, 2.45) is 16.6 Å². The summed E-state index contributed by atoms with van der Waals surface area (Å²) in [4.78, 5) is 7.37. The Labute approximate surface area is 124 Å². The van der Waals surface area contributed by atoms with E-state index in [2.05, 4.69) is 29.1 Å². The molecule has 4 nitrogen and oxygen atoms in total. The number of nitrogens with zero attached hydrogens (tertiary/aromatic N) is 1. The molecule has 21 heavy (non-hydrogen) atoms. The van der Waals surface area contributed by atoms with Gasteiger partial charge in [0.2, 0.25) is 0 Å². The van der Waals surface area contributed by atoms with Gasteiger partial charge in [-0.3, -0.25) is 4.99 Å². The smallest absolute Gasteiger partial charge is 0.188 e. The number of halogens is 1. The van der Waals surface area contributed by atoms with Gasteiger partial charge in [0.1, 0.15) is 5.82 Å². The van der Waals surface area contributed by atoms with Crippen LogP contribution in [0.5, 0.6) is 0 Å². The van der Waals surface area contributed by atoms with E-state index in [1.807, 2.05) is 6.20 Å². The molecule has 2 rings (SSSR count). The van der Waals surface area contributed by atoms with Crippen molar-refractivity contribution in [2.75, 3.05) is 13.1 Å². The molecule has 0 bridgehead atoms. The highest BCUT2D eigenvalue weighted by Gasteiger charge is 2.04. The van der Waals surface area contributed by atoms with Gasteiger partial charge in [-0.2, -0.15) is 0 Å². The van der Waals surface area contributed by atoms with E-state index in [0.29, 0.717) is 18.4 Å². The van der Waals surface area contributed by atoms with Crippen LogP contribution in [0.1, 0.15) is 25.8 Å². The molecule has 0 saturated carbocycles. The fourth-order valence-corrected chi connectivity index (χ4v) is 2.19. The largest absolute Gasteiger partial charge is 0.370 e. The minimum absolute atomic E-state index is 0.226. The van der Waals surface area contributed by atoms with Gasteiger partial charge in [-0.05, 0) is 42.5 Å². The summed E-state index contributed by atoms with van der Waals surface area (Å²) in [5.41, 5.74) is 7.78. The second-order valence-electron chi connectivity index (χ2n) is 5.63. The van der Waals surface area contributed by atoms with Gasteiger partial charge in [-0.1, -0.05) is 13.8 Å². The highest BCUT2D eigenvalue weighted by Crippen LogP contribution is 2.19. The highest BCUT2D eigenvalue weighted by atomic mass is 19.1. The minimum atomic E-state index is -0.226. The standard InChI is InChI=1S/C16H23FN4/c1-11(2)5-7-19-16(18)20-8-6-12-10-21-15-9-13(17)3-4-14(12)15/h3-4,9-11,21H,5-8H2,1-2H3,(H3,18,19,20). The number of H-pyrrole nitrogens is 1. The molecule has 1 heterocycles. The zero-order valence-electron chi connectivity index (χ0n) is 12.6. The predicted octanol–water partition coefficient (Wildman–Crippen LogP) is 2.80. The molecule has 0 aliphatic rings. The average molecular weight is 290 g/mol. The average Bonchev–Trinajstić information content (AvgIpc) is 2.80. The van der Waals surface area contributed by atoms with Crippen molar-refractivity contribution in [1.82, 2.24) is 10.3 Å². The normalized spacial score (nSPS) is 12.3. The lowest BCUT2D eigenvalue weighted by Gasteiger charge is -2.06. The molecule has 0 fully saturated rings. The van der Waals surface area contributed by atoms with E-state index in [0.717, 1.165) is 35.9 Å². The maximum absolute atomic E-state index is 13.1. The van der Waals surface area contributed by atoms with Crippen LogP contribution < -0.4 is 11.1 Å². The van der Waals surface area contributed by atoms with Crippen LogP contribution in [0.4, 0.5) is 4.39 Å². The lowest BCUT2D eigenvalue weighted by molar-refractivity contribution is 0.595. The Morgan fingerprint density at radius 2 is 2.24 bits per heavy atom. The molecular formula is C16H23FN4. The topological polar surface area (TPSA) is 66.2 Å². The van der Waals surface area contributed by atoms with Crippen LogP contribution in [0, 0.1) is 11.7 Å². The van der Waals surface area contributed by atoms with Crippen LogP contribution in [0.3, 0.4) is 0 Å². The van der Waals surface area contributed by atoms with Crippen LogP contribution >= 0.6 is 0 Å². The van der Waals surface area contributed by atoms with Crippen molar-refractivity contribution < 1.29 is 4.39 Å². The molecule has 1 aromatic carbocycles. The number of aromatic amines is 1. The molecule has 0 saturated heterocycles. The van der Waals surface area contributed by atoms with E-state index >= 15 is 0 Å². The first-order chi connectivity index (χ1) is 10.1. The number of rotatable bonds is 6. The van der Waals surface area contributed by atoms with Crippen molar-refractivity contribution in [3.05, 3.63) is 35.8 Å².